The molecule has 18 heavy (non-hydrogen) atoms. The number of allylic oxidation sites excluding steroid dienone is 3. The van der Waals surface area contributed by atoms with Crippen LogP contribution in [0.15, 0.2) is 42.6 Å². The van der Waals surface area contributed by atoms with Crippen molar-refractivity contribution < 1.29 is 8.42 Å². The van der Waals surface area contributed by atoms with Crippen LogP contribution in [-0.2, 0) is 10.0 Å². The first-order valence-electron chi connectivity index (χ1n) is 5.61. The van der Waals surface area contributed by atoms with Gasteiger partial charge < -0.3 is 0 Å². The lowest BCUT2D eigenvalue weighted by atomic mass is 10.0. The fourth-order valence-corrected chi connectivity index (χ4v) is 2.30. The minimum absolute atomic E-state index is 0.665. The Morgan fingerprint density at radius 2 is 2.00 bits per heavy atom. The molecule has 0 aliphatic rings. The van der Waals surface area contributed by atoms with Crippen LogP contribution >= 0.6 is 0 Å². The first-order chi connectivity index (χ1) is 8.27. The molecule has 0 atom stereocenters. The van der Waals surface area contributed by atoms with Crippen LogP contribution in [0.2, 0.25) is 0 Å². The summed E-state index contributed by atoms with van der Waals surface area (Å²) in [7, 11) is -1.70. The summed E-state index contributed by atoms with van der Waals surface area (Å²) in [5.41, 5.74) is 3.59. The summed E-state index contributed by atoms with van der Waals surface area (Å²) < 4.78 is 24.4. The van der Waals surface area contributed by atoms with E-state index in [2.05, 4.69) is 6.58 Å². The van der Waals surface area contributed by atoms with Crippen molar-refractivity contribution >= 4 is 15.6 Å². The zero-order chi connectivity index (χ0) is 13.9. The van der Waals surface area contributed by atoms with Crippen molar-refractivity contribution in [2.45, 2.75) is 13.8 Å². The molecule has 0 bridgehead atoms. The Morgan fingerprint density at radius 3 is 2.44 bits per heavy atom. The van der Waals surface area contributed by atoms with Crippen molar-refractivity contribution in [1.82, 2.24) is 4.31 Å². The molecule has 0 saturated heterocycles. The van der Waals surface area contributed by atoms with E-state index < -0.39 is 10.0 Å². The average Bonchev–Trinajstić information content (AvgIpc) is 2.27. The van der Waals surface area contributed by atoms with Crippen molar-refractivity contribution in [3.63, 3.8) is 0 Å². The van der Waals surface area contributed by atoms with Crippen molar-refractivity contribution in [2.24, 2.45) is 0 Å². The Hall–Kier alpha value is -1.55. The second-order valence-electron chi connectivity index (χ2n) is 4.30. The predicted molar refractivity (Wildman–Crippen MR) is 76.6 cm³/mol. The zero-order valence-corrected chi connectivity index (χ0v) is 12.1. The Labute approximate surface area is 109 Å². The van der Waals surface area contributed by atoms with Crippen LogP contribution in [0.25, 0.3) is 5.57 Å². The van der Waals surface area contributed by atoms with Gasteiger partial charge in [-0.2, -0.15) is 0 Å². The van der Waals surface area contributed by atoms with E-state index in [4.69, 9.17) is 0 Å². The molecule has 1 aromatic rings. The number of hydrogen-bond donors (Lipinski definition) is 0. The lowest BCUT2D eigenvalue weighted by molar-refractivity contribution is 0.531. The van der Waals surface area contributed by atoms with Crippen LogP contribution in [0.1, 0.15) is 18.1 Å². The highest BCUT2D eigenvalue weighted by atomic mass is 32.2. The highest BCUT2D eigenvalue weighted by Crippen LogP contribution is 2.23. The van der Waals surface area contributed by atoms with E-state index in [0.29, 0.717) is 5.70 Å². The molecule has 0 unspecified atom stereocenters. The molecule has 0 amide bonds. The lowest BCUT2D eigenvalue weighted by Gasteiger charge is -2.20. The van der Waals surface area contributed by atoms with Gasteiger partial charge in [-0.05, 0) is 19.4 Å². The molecule has 0 radical (unpaired) electrons. The van der Waals surface area contributed by atoms with Gasteiger partial charge in [0, 0.05) is 18.3 Å². The summed E-state index contributed by atoms with van der Waals surface area (Å²) in [6, 6.07) is 7.90. The first-order valence-corrected chi connectivity index (χ1v) is 7.46. The number of sulfonamides is 1. The van der Waals surface area contributed by atoms with Crippen molar-refractivity contribution in [2.75, 3.05) is 13.3 Å². The second kappa shape index (κ2) is 5.40. The quantitative estimate of drug-likeness (QED) is 0.785. The number of hydrogen-bond acceptors (Lipinski definition) is 2. The fraction of sp³-hybridized carbons (Fsp3) is 0.286. The molecule has 4 heteroatoms. The molecule has 0 fully saturated rings. The molecule has 0 N–H and O–H groups in total. The largest absolute Gasteiger partial charge is 0.277 e. The van der Waals surface area contributed by atoms with Crippen LogP contribution in [-0.4, -0.2) is 26.0 Å². The van der Waals surface area contributed by atoms with Crippen LogP contribution in [0.3, 0.4) is 0 Å². The highest BCUT2D eigenvalue weighted by molar-refractivity contribution is 7.88. The predicted octanol–water partition coefficient (Wildman–Crippen LogP) is 2.80. The number of nitrogens with zero attached hydrogens (tertiary/aromatic N) is 1. The molecule has 1 rings (SSSR count). The summed E-state index contributed by atoms with van der Waals surface area (Å²) in [5, 5.41) is 0. The smallest absolute Gasteiger partial charge is 0.231 e. The maximum Gasteiger partial charge on any atom is 0.231 e. The third-order valence-electron chi connectivity index (χ3n) is 2.89. The Morgan fingerprint density at radius 1 is 1.39 bits per heavy atom. The summed E-state index contributed by atoms with van der Waals surface area (Å²) in [4.78, 5) is 0. The van der Waals surface area contributed by atoms with Gasteiger partial charge >= 0.3 is 0 Å². The molecule has 98 valence electrons. The third kappa shape index (κ3) is 3.23. The molecule has 0 heterocycles. The van der Waals surface area contributed by atoms with E-state index in [1.54, 1.807) is 20.0 Å². The molecule has 0 aliphatic carbocycles. The molecular weight excluding hydrogens is 246 g/mol. The SMILES string of the molecule is C=CC(=C(C)N(C)S(C)(=O)=O)c1cccc(C)c1. The average molecular weight is 265 g/mol. The minimum Gasteiger partial charge on any atom is -0.277 e. The van der Waals surface area contributed by atoms with Gasteiger partial charge in [0.15, 0.2) is 0 Å². The van der Waals surface area contributed by atoms with Crippen LogP contribution in [0, 0.1) is 6.92 Å². The zero-order valence-electron chi connectivity index (χ0n) is 11.3. The monoisotopic (exact) mass is 265 g/mol. The van der Waals surface area contributed by atoms with Crippen LogP contribution < -0.4 is 0 Å². The van der Waals surface area contributed by atoms with Crippen molar-refractivity contribution in [3.05, 3.63) is 53.7 Å². The van der Waals surface area contributed by atoms with Gasteiger partial charge in [0.2, 0.25) is 10.0 Å². The molecule has 1 aromatic carbocycles. The molecule has 0 aromatic heterocycles. The maximum atomic E-state index is 11.5. The van der Waals surface area contributed by atoms with E-state index in [-0.39, 0.29) is 0 Å². The first kappa shape index (κ1) is 14.5. The third-order valence-corrected chi connectivity index (χ3v) is 4.16. The molecule has 0 spiro atoms. The van der Waals surface area contributed by atoms with E-state index in [1.807, 2.05) is 31.2 Å². The topological polar surface area (TPSA) is 37.4 Å². The normalized spacial score (nSPS) is 12.9. The summed E-state index contributed by atoms with van der Waals surface area (Å²) >= 11 is 0. The standard InChI is InChI=1S/C14H19NO2S/c1-6-14(12(3)15(4)18(5,16)17)13-9-7-8-11(2)10-13/h6-10H,1H2,2-5H3. The maximum absolute atomic E-state index is 11.5. The van der Waals surface area contributed by atoms with Crippen molar-refractivity contribution in [1.29, 1.82) is 0 Å². The van der Waals surface area contributed by atoms with Gasteiger partial charge in [-0.25, -0.2) is 8.42 Å². The Bertz CT molecular complexity index is 586. The molecule has 3 nitrogen and oxygen atoms in total. The molecule has 0 saturated carbocycles. The van der Waals surface area contributed by atoms with Crippen molar-refractivity contribution in [3.8, 4) is 0 Å². The Kier molecular flexibility index (Phi) is 4.35. The van der Waals surface area contributed by atoms with Gasteiger partial charge in [-0.3, -0.25) is 4.31 Å². The number of aryl methyl sites for hydroxylation is 1. The fourth-order valence-electron chi connectivity index (χ4n) is 1.71. The minimum atomic E-state index is -3.25. The highest BCUT2D eigenvalue weighted by Gasteiger charge is 2.14. The van der Waals surface area contributed by atoms with Crippen LogP contribution in [0.5, 0.6) is 0 Å². The molecule has 0 aliphatic heterocycles. The summed E-state index contributed by atoms with van der Waals surface area (Å²) in [6.07, 6.45) is 2.87. The second-order valence-corrected chi connectivity index (χ2v) is 6.32. The van der Waals surface area contributed by atoms with E-state index in [9.17, 15) is 8.42 Å². The van der Waals surface area contributed by atoms with Gasteiger partial charge in [0.25, 0.3) is 0 Å². The molecular formula is C14H19NO2S. The summed E-state index contributed by atoms with van der Waals surface area (Å²) in [5.74, 6) is 0. The van der Waals surface area contributed by atoms with Gasteiger partial charge in [-0.1, -0.05) is 42.5 Å². The van der Waals surface area contributed by atoms with Gasteiger partial charge in [-0.15, -0.1) is 0 Å². The number of rotatable bonds is 4. The van der Waals surface area contributed by atoms with Gasteiger partial charge in [0.05, 0.1) is 6.26 Å². The number of benzene rings is 1. The van der Waals surface area contributed by atoms with E-state index >= 15 is 0 Å². The van der Waals surface area contributed by atoms with E-state index in [0.717, 1.165) is 16.7 Å². The van der Waals surface area contributed by atoms with E-state index in [1.165, 1.54) is 10.6 Å². The summed E-state index contributed by atoms with van der Waals surface area (Å²) in [6.45, 7) is 7.55. The van der Waals surface area contributed by atoms with Gasteiger partial charge in [0.1, 0.15) is 0 Å². The lowest BCUT2D eigenvalue weighted by Crippen LogP contribution is -2.24. The Balaban J connectivity index is 3.37. The van der Waals surface area contributed by atoms with Crippen LogP contribution in [0.4, 0.5) is 0 Å².